The number of rotatable bonds is 1. The molecule has 4 nitrogen and oxygen atoms in total. The lowest BCUT2D eigenvalue weighted by Crippen LogP contribution is -2.10. The minimum Gasteiger partial charge on any atom is -0.383 e. The SMILES string of the molecule is Cc1nc(N)c2c(C)c(C)n(C3CCSC3)c2n1. The molecule has 2 aromatic heterocycles. The second kappa shape index (κ2) is 4.16. The maximum atomic E-state index is 6.07. The number of nitrogens with zero attached hydrogens (tertiary/aromatic N) is 3. The highest BCUT2D eigenvalue weighted by Gasteiger charge is 2.24. The molecule has 18 heavy (non-hydrogen) atoms. The van der Waals surface area contributed by atoms with E-state index in [1.807, 2.05) is 18.7 Å². The number of hydrogen-bond acceptors (Lipinski definition) is 4. The molecule has 0 radical (unpaired) electrons. The highest BCUT2D eigenvalue weighted by atomic mass is 32.2. The van der Waals surface area contributed by atoms with Crippen LogP contribution in [0.5, 0.6) is 0 Å². The van der Waals surface area contributed by atoms with Crippen LogP contribution in [0.2, 0.25) is 0 Å². The van der Waals surface area contributed by atoms with Gasteiger partial charge in [0.2, 0.25) is 0 Å². The zero-order valence-corrected chi connectivity index (χ0v) is 11.8. The van der Waals surface area contributed by atoms with Gasteiger partial charge in [-0.25, -0.2) is 9.97 Å². The van der Waals surface area contributed by atoms with E-state index in [9.17, 15) is 0 Å². The lowest BCUT2D eigenvalue weighted by atomic mass is 10.2. The summed E-state index contributed by atoms with van der Waals surface area (Å²) in [6.07, 6.45) is 1.22. The van der Waals surface area contributed by atoms with Crippen LogP contribution in [0.3, 0.4) is 0 Å². The van der Waals surface area contributed by atoms with Gasteiger partial charge in [-0.2, -0.15) is 11.8 Å². The van der Waals surface area contributed by atoms with Gasteiger partial charge in [0.05, 0.1) is 5.39 Å². The predicted octanol–water partition coefficient (Wildman–Crippen LogP) is 2.62. The van der Waals surface area contributed by atoms with E-state index in [1.54, 1.807) is 0 Å². The van der Waals surface area contributed by atoms with Crippen LogP contribution in [0.4, 0.5) is 5.82 Å². The Labute approximate surface area is 111 Å². The van der Waals surface area contributed by atoms with Crippen LogP contribution < -0.4 is 5.73 Å². The standard InChI is InChI=1S/C13H18N4S/c1-7-8(2)17(10-4-5-18-6-10)13-11(7)12(14)15-9(3)16-13/h10H,4-6H2,1-3H3,(H2,14,15,16). The molecular weight excluding hydrogens is 244 g/mol. The van der Waals surface area contributed by atoms with Gasteiger partial charge in [0, 0.05) is 17.5 Å². The number of nitrogen functional groups attached to an aromatic ring is 1. The Hall–Kier alpha value is -1.23. The molecule has 2 N–H and O–H groups in total. The molecule has 1 unspecified atom stereocenters. The monoisotopic (exact) mass is 262 g/mol. The third-order valence-corrected chi connectivity index (χ3v) is 4.95. The summed E-state index contributed by atoms with van der Waals surface area (Å²) in [5.41, 5.74) is 9.59. The summed E-state index contributed by atoms with van der Waals surface area (Å²) in [7, 11) is 0. The Morgan fingerprint density at radius 2 is 2.06 bits per heavy atom. The Bertz CT molecular complexity index is 611. The normalized spacial score (nSPS) is 19.8. The summed E-state index contributed by atoms with van der Waals surface area (Å²) in [4.78, 5) is 8.92. The molecule has 1 fully saturated rings. The molecule has 1 saturated heterocycles. The van der Waals surface area contributed by atoms with E-state index in [2.05, 4.69) is 28.4 Å². The van der Waals surface area contributed by atoms with Crippen LogP contribution in [0, 0.1) is 20.8 Å². The Morgan fingerprint density at radius 1 is 1.28 bits per heavy atom. The number of hydrogen-bond donors (Lipinski definition) is 1. The van der Waals surface area contributed by atoms with Gasteiger partial charge in [0.15, 0.2) is 0 Å². The van der Waals surface area contributed by atoms with Gasteiger partial charge in [-0.3, -0.25) is 0 Å². The van der Waals surface area contributed by atoms with E-state index in [4.69, 9.17) is 5.73 Å². The summed E-state index contributed by atoms with van der Waals surface area (Å²) in [5, 5.41) is 1.04. The maximum absolute atomic E-state index is 6.07. The van der Waals surface area contributed by atoms with Gasteiger partial charge >= 0.3 is 0 Å². The summed E-state index contributed by atoms with van der Waals surface area (Å²) in [6, 6.07) is 0.555. The van der Waals surface area contributed by atoms with Gasteiger partial charge in [0.1, 0.15) is 17.3 Å². The number of anilines is 1. The molecule has 1 atom stereocenters. The number of aryl methyl sites for hydroxylation is 2. The third kappa shape index (κ3) is 1.61. The minimum atomic E-state index is 0.555. The molecule has 0 spiro atoms. The molecule has 3 rings (SSSR count). The van der Waals surface area contributed by atoms with Gasteiger partial charge < -0.3 is 10.3 Å². The first-order chi connectivity index (χ1) is 8.59. The number of aromatic nitrogens is 3. The third-order valence-electron chi connectivity index (χ3n) is 3.81. The predicted molar refractivity (Wildman–Crippen MR) is 77.1 cm³/mol. The van der Waals surface area contributed by atoms with Crippen LogP contribution in [-0.4, -0.2) is 26.0 Å². The zero-order valence-electron chi connectivity index (χ0n) is 11.0. The lowest BCUT2D eigenvalue weighted by Gasteiger charge is -2.15. The fourth-order valence-corrected chi connectivity index (χ4v) is 4.00. The first-order valence-corrected chi connectivity index (χ1v) is 7.44. The van der Waals surface area contributed by atoms with Crippen molar-refractivity contribution >= 4 is 28.6 Å². The molecule has 0 amide bonds. The first kappa shape index (κ1) is 11.8. The maximum Gasteiger partial charge on any atom is 0.146 e. The molecule has 1 aliphatic heterocycles. The van der Waals surface area contributed by atoms with Crippen molar-refractivity contribution in [3.8, 4) is 0 Å². The van der Waals surface area contributed by atoms with Crippen molar-refractivity contribution in [1.29, 1.82) is 0 Å². The van der Waals surface area contributed by atoms with E-state index in [1.165, 1.54) is 29.2 Å². The second-order valence-electron chi connectivity index (χ2n) is 4.95. The van der Waals surface area contributed by atoms with Gasteiger partial charge in [-0.1, -0.05) is 0 Å². The highest BCUT2D eigenvalue weighted by molar-refractivity contribution is 7.99. The van der Waals surface area contributed by atoms with Crippen LogP contribution in [-0.2, 0) is 0 Å². The molecule has 3 heterocycles. The van der Waals surface area contributed by atoms with E-state index >= 15 is 0 Å². The number of nitrogens with two attached hydrogens (primary N) is 1. The molecule has 0 aromatic carbocycles. The fourth-order valence-electron chi connectivity index (χ4n) is 2.81. The number of fused-ring (bicyclic) bond motifs is 1. The van der Waals surface area contributed by atoms with Crippen molar-refractivity contribution < 1.29 is 0 Å². The Balaban J connectivity index is 2.33. The van der Waals surface area contributed by atoms with Gasteiger partial charge in [-0.15, -0.1) is 0 Å². The van der Waals surface area contributed by atoms with Gasteiger partial charge in [-0.05, 0) is 38.5 Å². The van der Waals surface area contributed by atoms with Crippen LogP contribution in [0.1, 0.15) is 29.5 Å². The van der Waals surface area contributed by atoms with Crippen molar-refractivity contribution in [2.45, 2.75) is 33.2 Å². The Kier molecular flexibility index (Phi) is 2.73. The van der Waals surface area contributed by atoms with Crippen molar-refractivity contribution in [2.24, 2.45) is 0 Å². The second-order valence-corrected chi connectivity index (χ2v) is 6.10. The summed E-state index contributed by atoms with van der Waals surface area (Å²) < 4.78 is 2.37. The van der Waals surface area contributed by atoms with Gasteiger partial charge in [0.25, 0.3) is 0 Å². The average Bonchev–Trinajstić information content (AvgIpc) is 2.88. The van der Waals surface area contributed by atoms with Crippen LogP contribution >= 0.6 is 11.8 Å². The van der Waals surface area contributed by atoms with Crippen molar-refractivity contribution in [3.63, 3.8) is 0 Å². The molecule has 0 aliphatic carbocycles. The first-order valence-electron chi connectivity index (χ1n) is 6.28. The zero-order chi connectivity index (χ0) is 12.9. The molecule has 5 heteroatoms. The highest BCUT2D eigenvalue weighted by Crippen LogP contribution is 2.36. The Morgan fingerprint density at radius 3 is 2.72 bits per heavy atom. The van der Waals surface area contributed by atoms with Crippen molar-refractivity contribution in [1.82, 2.24) is 14.5 Å². The topological polar surface area (TPSA) is 56.7 Å². The molecule has 1 aliphatic rings. The van der Waals surface area contributed by atoms with Crippen LogP contribution in [0.15, 0.2) is 0 Å². The smallest absolute Gasteiger partial charge is 0.146 e. The van der Waals surface area contributed by atoms with Crippen LogP contribution in [0.25, 0.3) is 11.0 Å². The molecule has 0 bridgehead atoms. The van der Waals surface area contributed by atoms with Crippen molar-refractivity contribution in [2.75, 3.05) is 17.2 Å². The van der Waals surface area contributed by atoms with E-state index in [0.29, 0.717) is 11.9 Å². The molecule has 0 saturated carbocycles. The van der Waals surface area contributed by atoms with E-state index < -0.39 is 0 Å². The van der Waals surface area contributed by atoms with E-state index in [-0.39, 0.29) is 0 Å². The fraction of sp³-hybridized carbons (Fsp3) is 0.538. The average molecular weight is 262 g/mol. The molecule has 2 aromatic rings. The summed E-state index contributed by atoms with van der Waals surface area (Å²) in [6.45, 7) is 6.18. The summed E-state index contributed by atoms with van der Waals surface area (Å²) >= 11 is 2.02. The summed E-state index contributed by atoms with van der Waals surface area (Å²) in [5.74, 6) is 3.78. The molecular formula is C13H18N4S. The molecule has 96 valence electrons. The van der Waals surface area contributed by atoms with Crippen molar-refractivity contribution in [3.05, 3.63) is 17.1 Å². The number of thioether (sulfide) groups is 1. The lowest BCUT2D eigenvalue weighted by molar-refractivity contribution is 0.561. The minimum absolute atomic E-state index is 0.555. The van der Waals surface area contributed by atoms with E-state index in [0.717, 1.165) is 16.9 Å². The quantitative estimate of drug-likeness (QED) is 0.858. The largest absolute Gasteiger partial charge is 0.383 e.